The van der Waals surface area contributed by atoms with Crippen LogP contribution < -0.4 is 0 Å². The standard InChI is InChI=1S/C8H12N2OS/c1-8(2,11)5-12-7-3-4-9-6-10-7/h3-4,6,11H,5H2,1-2H3. The number of hydrogen-bond donors (Lipinski definition) is 1. The van der Waals surface area contributed by atoms with Crippen LogP contribution in [-0.2, 0) is 0 Å². The molecule has 0 aliphatic rings. The predicted octanol–water partition coefficient (Wildman–Crippen LogP) is 1.34. The SMILES string of the molecule is CC(C)(O)CSc1ccncn1. The Hall–Kier alpha value is -0.610. The van der Waals surface area contributed by atoms with Gasteiger partial charge in [-0.2, -0.15) is 0 Å². The molecule has 0 aromatic carbocycles. The maximum absolute atomic E-state index is 9.41. The first-order valence-electron chi connectivity index (χ1n) is 3.69. The summed E-state index contributed by atoms with van der Waals surface area (Å²) >= 11 is 1.53. The fourth-order valence-electron chi connectivity index (χ4n) is 0.614. The molecule has 0 bridgehead atoms. The smallest absolute Gasteiger partial charge is 0.116 e. The van der Waals surface area contributed by atoms with E-state index in [0.29, 0.717) is 5.75 Å². The Kier molecular flexibility index (Phi) is 3.05. The average Bonchev–Trinajstić information content (AvgIpc) is 2.02. The van der Waals surface area contributed by atoms with Crippen molar-refractivity contribution < 1.29 is 5.11 Å². The maximum Gasteiger partial charge on any atom is 0.116 e. The molecule has 1 aromatic rings. The molecule has 0 aliphatic carbocycles. The fraction of sp³-hybridized carbons (Fsp3) is 0.500. The van der Waals surface area contributed by atoms with Crippen molar-refractivity contribution >= 4 is 11.8 Å². The Morgan fingerprint density at radius 1 is 1.58 bits per heavy atom. The van der Waals surface area contributed by atoms with E-state index in [1.807, 2.05) is 6.07 Å². The van der Waals surface area contributed by atoms with E-state index < -0.39 is 5.60 Å². The lowest BCUT2D eigenvalue weighted by atomic mass is 10.2. The second-order valence-corrected chi connectivity index (χ2v) is 4.14. The third-order valence-corrected chi connectivity index (χ3v) is 2.52. The quantitative estimate of drug-likeness (QED) is 0.569. The van der Waals surface area contributed by atoms with Crippen LogP contribution in [0.1, 0.15) is 13.8 Å². The Balaban J connectivity index is 2.44. The van der Waals surface area contributed by atoms with Gasteiger partial charge in [-0.15, -0.1) is 11.8 Å². The van der Waals surface area contributed by atoms with Crippen LogP contribution in [0.4, 0.5) is 0 Å². The van der Waals surface area contributed by atoms with Gasteiger partial charge in [0, 0.05) is 11.9 Å². The second-order valence-electron chi connectivity index (χ2n) is 3.15. The summed E-state index contributed by atoms with van der Waals surface area (Å²) < 4.78 is 0. The normalized spacial score (nSPS) is 11.6. The van der Waals surface area contributed by atoms with Crippen molar-refractivity contribution in [1.29, 1.82) is 0 Å². The van der Waals surface area contributed by atoms with Gasteiger partial charge in [0.25, 0.3) is 0 Å². The van der Waals surface area contributed by atoms with Crippen molar-refractivity contribution in [3.05, 3.63) is 18.6 Å². The Labute approximate surface area is 76.2 Å². The lowest BCUT2D eigenvalue weighted by Gasteiger charge is -2.15. The molecule has 1 N–H and O–H groups in total. The van der Waals surface area contributed by atoms with Crippen LogP contribution in [0.2, 0.25) is 0 Å². The van der Waals surface area contributed by atoms with E-state index in [4.69, 9.17) is 0 Å². The summed E-state index contributed by atoms with van der Waals surface area (Å²) in [6.07, 6.45) is 3.20. The minimum Gasteiger partial charge on any atom is -0.390 e. The first-order chi connectivity index (χ1) is 5.58. The lowest BCUT2D eigenvalue weighted by Crippen LogP contribution is -2.21. The van der Waals surface area contributed by atoms with Crippen molar-refractivity contribution in [2.75, 3.05) is 5.75 Å². The van der Waals surface area contributed by atoms with Crippen LogP contribution in [0.15, 0.2) is 23.6 Å². The number of aliphatic hydroxyl groups is 1. The molecule has 3 nitrogen and oxygen atoms in total. The van der Waals surface area contributed by atoms with Gasteiger partial charge in [-0.25, -0.2) is 9.97 Å². The van der Waals surface area contributed by atoms with Crippen molar-refractivity contribution in [3.63, 3.8) is 0 Å². The van der Waals surface area contributed by atoms with E-state index in [0.717, 1.165) is 5.03 Å². The van der Waals surface area contributed by atoms with Gasteiger partial charge in [-0.1, -0.05) is 0 Å². The molecule has 1 aromatic heterocycles. The molecular formula is C8H12N2OS. The van der Waals surface area contributed by atoms with E-state index in [9.17, 15) is 5.11 Å². The molecule has 0 saturated carbocycles. The van der Waals surface area contributed by atoms with E-state index in [-0.39, 0.29) is 0 Å². The molecule has 0 fully saturated rings. The zero-order chi connectivity index (χ0) is 9.03. The molecule has 0 radical (unpaired) electrons. The van der Waals surface area contributed by atoms with Gasteiger partial charge < -0.3 is 5.11 Å². The number of nitrogens with zero attached hydrogens (tertiary/aromatic N) is 2. The van der Waals surface area contributed by atoms with Crippen molar-refractivity contribution in [2.45, 2.75) is 24.5 Å². The van der Waals surface area contributed by atoms with Gasteiger partial charge in [0.15, 0.2) is 0 Å². The largest absolute Gasteiger partial charge is 0.390 e. The highest BCUT2D eigenvalue weighted by molar-refractivity contribution is 7.99. The van der Waals surface area contributed by atoms with Crippen LogP contribution in [0.25, 0.3) is 0 Å². The van der Waals surface area contributed by atoms with E-state index in [1.54, 1.807) is 20.0 Å². The minimum atomic E-state index is -0.643. The number of hydrogen-bond acceptors (Lipinski definition) is 4. The van der Waals surface area contributed by atoms with Gasteiger partial charge in [0.2, 0.25) is 0 Å². The number of thioether (sulfide) groups is 1. The highest BCUT2D eigenvalue weighted by Crippen LogP contribution is 2.18. The topological polar surface area (TPSA) is 46.0 Å². The van der Waals surface area contributed by atoms with Crippen LogP contribution >= 0.6 is 11.8 Å². The van der Waals surface area contributed by atoms with Crippen molar-refractivity contribution in [1.82, 2.24) is 9.97 Å². The molecule has 0 aliphatic heterocycles. The highest BCUT2D eigenvalue weighted by Gasteiger charge is 2.12. The first-order valence-corrected chi connectivity index (χ1v) is 4.68. The molecule has 4 heteroatoms. The van der Waals surface area contributed by atoms with E-state index >= 15 is 0 Å². The van der Waals surface area contributed by atoms with Gasteiger partial charge in [0.1, 0.15) is 6.33 Å². The molecule has 66 valence electrons. The van der Waals surface area contributed by atoms with Gasteiger partial charge in [0.05, 0.1) is 10.6 Å². The molecule has 12 heavy (non-hydrogen) atoms. The van der Waals surface area contributed by atoms with E-state index in [2.05, 4.69) is 9.97 Å². The summed E-state index contributed by atoms with van der Waals surface area (Å²) in [6, 6.07) is 1.83. The Bertz CT molecular complexity index is 233. The molecular weight excluding hydrogens is 172 g/mol. The molecule has 0 atom stereocenters. The summed E-state index contributed by atoms with van der Waals surface area (Å²) in [5.41, 5.74) is -0.643. The Morgan fingerprint density at radius 2 is 2.33 bits per heavy atom. The average molecular weight is 184 g/mol. The number of rotatable bonds is 3. The molecule has 0 saturated heterocycles. The van der Waals surface area contributed by atoms with E-state index in [1.165, 1.54) is 18.1 Å². The molecule has 0 spiro atoms. The summed E-state index contributed by atoms with van der Waals surface area (Å²) in [5, 5.41) is 10.3. The third kappa shape index (κ3) is 3.69. The summed E-state index contributed by atoms with van der Waals surface area (Å²) in [7, 11) is 0. The lowest BCUT2D eigenvalue weighted by molar-refractivity contribution is 0.107. The van der Waals surface area contributed by atoms with Crippen LogP contribution in [0.5, 0.6) is 0 Å². The van der Waals surface area contributed by atoms with Gasteiger partial charge in [-0.3, -0.25) is 0 Å². The predicted molar refractivity (Wildman–Crippen MR) is 49.1 cm³/mol. The summed E-state index contributed by atoms with van der Waals surface area (Å²) in [6.45, 7) is 3.56. The first kappa shape index (κ1) is 9.48. The summed E-state index contributed by atoms with van der Waals surface area (Å²) in [5.74, 6) is 0.643. The molecule has 1 heterocycles. The summed E-state index contributed by atoms with van der Waals surface area (Å²) in [4.78, 5) is 7.83. The molecule has 1 rings (SSSR count). The van der Waals surface area contributed by atoms with Gasteiger partial charge in [-0.05, 0) is 19.9 Å². The highest BCUT2D eigenvalue weighted by atomic mass is 32.2. The van der Waals surface area contributed by atoms with Crippen molar-refractivity contribution in [3.8, 4) is 0 Å². The maximum atomic E-state index is 9.41. The van der Waals surface area contributed by atoms with Crippen LogP contribution in [0.3, 0.4) is 0 Å². The minimum absolute atomic E-state index is 0.643. The fourth-order valence-corrected chi connectivity index (χ4v) is 1.39. The van der Waals surface area contributed by atoms with Crippen molar-refractivity contribution in [2.24, 2.45) is 0 Å². The molecule has 0 amide bonds. The van der Waals surface area contributed by atoms with Crippen LogP contribution in [-0.4, -0.2) is 26.4 Å². The van der Waals surface area contributed by atoms with Gasteiger partial charge >= 0.3 is 0 Å². The van der Waals surface area contributed by atoms with Crippen LogP contribution in [0, 0.1) is 0 Å². The Morgan fingerprint density at radius 3 is 2.83 bits per heavy atom. The monoisotopic (exact) mass is 184 g/mol. The zero-order valence-corrected chi connectivity index (χ0v) is 8.01. The second kappa shape index (κ2) is 3.87. The molecule has 0 unspecified atom stereocenters. The zero-order valence-electron chi connectivity index (χ0n) is 7.19. The number of aromatic nitrogens is 2. The third-order valence-electron chi connectivity index (χ3n) is 1.13.